The van der Waals surface area contributed by atoms with E-state index in [9.17, 15) is 8.78 Å². The van der Waals surface area contributed by atoms with Crippen LogP contribution in [0.2, 0.25) is 0 Å². The molecule has 89 valence electrons. The highest BCUT2D eigenvalue weighted by atomic mass is 35.5. The van der Waals surface area contributed by atoms with E-state index in [1.165, 1.54) is 12.1 Å². The summed E-state index contributed by atoms with van der Waals surface area (Å²) in [6.45, 7) is 1.80. The zero-order valence-corrected chi connectivity index (χ0v) is 9.93. The zero-order valence-electron chi connectivity index (χ0n) is 9.18. The van der Waals surface area contributed by atoms with Gasteiger partial charge in [0.05, 0.1) is 0 Å². The van der Waals surface area contributed by atoms with E-state index in [1.54, 1.807) is 13.0 Å². The Morgan fingerprint density at radius 1 is 1.24 bits per heavy atom. The van der Waals surface area contributed by atoms with Crippen molar-refractivity contribution in [3.05, 3.63) is 58.2 Å². The predicted molar refractivity (Wildman–Crippen MR) is 63.4 cm³/mol. The Labute approximate surface area is 104 Å². The summed E-state index contributed by atoms with van der Waals surface area (Å²) < 4.78 is 26.3. The van der Waals surface area contributed by atoms with Crippen LogP contribution in [0.1, 0.15) is 18.4 Å². The summed E-state index contributed by atoms with van der Waals surface area (Å²) in [5.41, 5.74) is 7.23. The lowest BCUT2D eigenvalue weighted by molar-refractivity contribution is 0.570. The first-order valence-electron chi connectivity index (χ1n) is 5.16. The molecule has 0 aliphatic heterocycles. The summed E-state index contributed by atoms with van der Waals surface area (Å²) in [4.78, 5) is 0. The molecular weight excluding hydrogens is 244 g/mol. The molecule has 1 aliphatic rings. The number of halogens is 3. The zero-order chi connectivity index (χ0) is 12.6. The van der Waals surface area contributed by atoms with Gasteiger partial charge < -0.3 is 5.73 Å². The van der Waals surface area contributed by atoms with Crippen molar-refractivity contribution in [3.63, 3.8) is 0 Å². The van der Waals surface area contributed by atoms with Crippen LogP contribution in [-0.2, 0) is 0 Å². The van der Waals surface area contributed by atoms with Crippen molar-refractivity contribution in [3.8, 4) is 0 Å². The number of nitrogens with two attached hydrogens (primary N) is 1. The Morgan fingerprint density at radius 2 is 1.82 bits per heavy atom. The number of allylic oxidation sites excluding steroid dienone is 2. The topological polar surface area (TPSA) is 26.0 Å². The van der Waals surface area contributed by atoms with Crippen molar-refractivity contribution < 1.29 is 8.78 Å². The van der Waals surface area contributed by atoms with Crippen LogP contribution in [0, 0.1) is 17.7 Å². The van der Waals surface area contributed by atoms with Crippen LogP contribution in [0.25, 0.3) is 0 Å². The van der Waals surface area contributed by atoms with Crippen LogP contribution in [-0.4, -0.2) is 6.04 Å². The molecule has 1 aromatic rings. The first-order chi connectivity index (χ1) is 7.99. The van der Waals surface area contributed by atoms with Crippen molar-refractivity contribution in [2.45, 2.75) is 18.9 Å². The molecule has 0 spiro atoms. The minimum Gasteiger partial charge on any atom is -0.323 e. The fourth-order valence-corrected chi connectivity index (χ4v) is 2.04. The summed E-state index contributed by atoms with van der Waals surface area (Å²) in [6.07, 6.45) is 4.54. The Bertz CT molecular complexity index is 488. The molecule has 1 nitrogen and oxygen atoms in total. The molecule has 2 unspecified atom stereocenters. The van der Waals surface area contributed by atoms with Gasteiger partial charge in [-0.05, 0) is 42.3 Å². The fourth-order valence-electron chi connectivity index (χ4n) is 1.85. The monoisotopic (exact) mass is 254 g/mol. The minimum atomic E-state index is -0.618. The van der Waals surface area contributed by atoms with Crippen LogP contribution in [0.15, 0.2) is 34.9 Å². The third-order valence-electron chi connectivity index (χ3n) is 2.87. The standard InChI is InChI=1S/C13H11ClF2N/c1-7-12(14)3-2-11(13(7)17)8-4-9(15)6-10(16)5-8/h3-6,11,13H,17H2,1H3. The third-order valence-corrected chi connectivity index (χ3v) is 3.28. The van der Waals surface area contributed by atoms with Gasteiger partial charge in [-0.15, -0.1) is 0 Å². The summed E-state index contributed by atoms with van der Waals surface area (Å²) in [6, 6.07) is 2.95. The average molecular weight is 255 g/mol. The molecule has 17 heavy (non-hydrogen) atoms. The maximum Gasteiger partial charge on any atom is 0.126 e. The molecule has 2 N–H and O–H groups in total. The summed E-state index contributed by atoms with van der Waals surface area (Å²) in [5, 5.41) is 0.533. The molecule has 2 rings (SSSR count). The Hall–Kier alpha value is -1.19. The van der Waals surface area contributed by atoms with Crippen LogP contribution in [0.3, 0.4) is 0 Å². The highest BCUT2D eigenvalue weighted by molar-refractivity contribution is 6.31. The van der Waals surface area contributed by atoms with Crippen LogP contribution in [0.5, 0.6) is 0 Å². The second-order valence-corrected chi connectivity index (χ2v) is 4.46. The highest BCUT2D eigenvalue weighted by Crippen LogP contribution is 2.31. The largest absolute Gasteiger partial charge is 0.323 e. The molecule has 0 fully saturated rings. The number of hydrogen-bond acceptors (Lipinski definition) is 1. The van der Waals surface area contributed by atoms with Gasteiger partial charge in [0.2, 0.25) is 0 Å². The average Bonchev–Trinajstić information content (AvgIpc) is 2.24. The second-order valence-electron chi connectivity index (χ2n) is 4.05. The van der Waals surface area contributed by atoms with E-state index in [2.05, 4.69) is 6.08 Å². The van der Waals surface area contributed by atoms with Crippen molar-refractivity contribution in [2.75, 3.05) is 0 Å². The van der Waals surface area contributed by atoms with Crippen molar-refractivity contribution in [2.24, 2.45) is 5.73 Å². The highest BCUT2D eigenvalue weighted by Gasteiger charge is 2.24. The molecule has 0 saturated heterocycles. The van der Waals surface area contributed by atoms with Crippen molar-refractivity contribution in [1.29, 1.82) is 0 Å². The van der Waals surface area contributed by atoms with E-state index in [-0.39, 0.29) is 5.92 Å². The van der Waals surface area contributed by atoms with E-state index in [0.717, 1.165) is 11.6 Å². The smallest absolute Gasteiger partial charge is 0.126 e. The van der Waals surface area contributed by atoms with Crippen LogP contribution in [0.4, 0.5) is 8.78 Å². The molecule has 0 amide bonds. The predicted octanol–water partition coefficient (Wildman–Crippen LogP) is 3.26. The van der Waals surface area contributed by atoms with E-state index in [1.807, 2.05) is 0 Å². The van der Waals surface area contributed by atoms with Gasteiger partial charge in [0.25, 0.3) is 0 Å². The molecule has 1 aliphatic carbocycles. The number of benzene rings is 1. The fraction of sp³-hybridized carbons (Fsp3) is 0.231. The van der Waals surface area contributed by atoms with Crippen molar-refractivity contribution in [1.82, 2.24) is 0 Å². The van der Waals surface area contributed by atoms with Gasteiger partial charge in [-0.25, -0.2) is 8.78 Å². The Balaban J connectivity index is 2.39. The lowest BCUT2D eigenvalue weighted by Gasteiger charge is -2.25. The number of hydrogen-bond donors (Lipinski definition) is 1. The first-order valence-corrected chi connectivity index (χ1v) is 5.54. The normalized spacial score (nSPS) is 24.3. The SMILES string of the molecule is CC1=C(Cl)C=[C]C(c2cc(F)cc(F)c2)C1N. The third kappa shape index (κ3) is 2.40. The quantitative estimate of drug-likeness (QED) is 0.818. The Morgan fingerprint density at radius 3 is 2.41 bits per heavy atom. The van der Waals surface area contributed by atoms with E-state index in [0.29, 0.717) is 10.6 Å². The van der Waals surface area contributed by atoms with Gasteiger partial charge in [0, 0.05) is 23.1 Å². The minimum absolute atomic E-state index is 0.373. The maximum atomic E-state index is 13.1. The molecule has 1 aromatic carbocycles. The van der Waals surface area contributed by atoms with E-state index < -0.39 is 17.7 Å². The lowest BCUT2D eigenvalue weighted by Crippen LogP contribution is -2.31. The molecule has 0 bridgehead atoms. The van der Waals surface area contributed by atoms with Gasteiger partial charge in [0.1, 0.15) is 11.6 Å². The molecular formula is C13H11ClF2N. The van der Waals surface area contributed by atoms with E-state index in [4.69, 9.17) is 17.3 Å². The van der Waals surface area contributed by atoms with Gasteiger partial charge in [-0.2, -0.15) is 0 Å². The molecule has 0 saturated carbocycles. The van der Waals surface area contributed by atoms with Gasteiger partial charge in [-0.3, -0.25) is 0 Å². The first kappa shape index (κ1) is 12.3. The van der Waals surface area contributed by atoms with Crippen LogP contribution < -0.4 is 5.73 Å². The molecule has 2 atom stereocenters. The van der Waals surface area contributed by atoms with E-state index >= 15 is 0 Å². The second kappa shape index (κ2) is 4.59. The summed E-state index contributed by atoms with van der Waals surface area (Å²) >= 11 is 5.91. The van der Waals surface area contributed by atoms with Gasteiger partial charge >= 0.3 is 0 Å². The Kier molecular flexibility index (Phi) is 3.31. The molecule has 0 heterocycles. The molecule has 1 radical (unpaired) electrons. The molecule has 0 aromatic heterocycles. The lowest BCUT2D eigenvalue weighted by atomic mass is 9.84. The van der Waals surface area contributed by atoms with Gasteiger partial charge in [-0.1, -0.05) is 11.6 Å². The summed E-state index contributed by atoms with van der Waals surface area (Å²) in [5.74, 6) is -1.61. The van der Waals surface area contributed by atoms with Gasteiger partial charge in [0.15, 0.2) is 0 Å². The maximum absolute atomic E-state index is 13.1. The molecule has 4 heteroatoms. The number of rotatable bonds is 1. The van der Waals surface area contributed by atoms with Crippen molar-refractivity contribution >= 4 is 11.6 Å². The summed E-state index contributed by atoms with van der Waals surface area (Å²) in [7, 11) is 0. The van der Waals surface area contributed by atoms with Crippen LogP contribution >= 0.6 is 11.6 Å².